The monoisotopic (exact) mass is 695 g/mol. The van der Waals surface area contributed by atoms with Gasteiger partial charge < -0.3 is 21.1 Å². The number of sulfone groups is 1. The van der Waals surface area contributed by atoms with E-state index < -0.39 is 15.8 Å². The van der Waals surface area contributed by atoms with Gasteiger partial charge in [-0.15, -0.1) is 0 Å². The van der Waals surface area contributed by atoms with Crippen LogP contribution in [0.3, 0.4) is 0 Å². The summed E-state index contributed by atoms with van der Waals surface area (Å²) in [6.45, 7) is 23.0. The maximum absolute atomic E-state index is 12.0. The van der Waals surface area contributed by atoms with E-state index in [1.165, 1.54) is 37.7 Å². The van der Waals surface area contributed by atoms with Gasteiger partial charge in [0.1, 0.15) is 0 Å². The van der Waals surface area contributed by atoms with Crippen molar-refractivity contribution in [1.82, 2.24) is 10.2 Å². The van der Waals surface area contributed by atoms with Crippen LogP contribution in [0.1, 0.15) is 116 Å². The average molecular weight is 696 g/mol. The molecule has 1 saturated heterocycles. The fourth-order valence-corrected chi connectivity index (χ4v) is 14.3. The maximum Gasteiger partial charge on any atom is 0.335 e. The number of carboxylic acids is 1. The third kappa shape index (κ3) is 6.06. The standard InChI is InChI=1S/C41H65N3O4S/c1-27(28(2)42)35-32-13-14-34-38(5)17-15-31(29-9-11-30(12-10-29)36(45)46)37(3,4)33(38)16-18-40(34,7)39(32,6)19-20-41(35,8)43-21-22-44-23-25-49(47,48)26-24-44/h9-12,15,27-28,32-35,43H,13-14,16-26,42H2,1-8H3,(H,45,46). The van der Waals surface area contributed by atoms with Crippen LogP contribution in [0.25, 0.3) is 5.57 Å². The minimum atomic E-state index is -2.87. The SMILES string of the molecule is CC(N)C(C)C1C2CCC3C4(C)CC=C(c5ccc(C(=O)O)cc5)C(C)(C)C4CCC3(C)C2(C)CCC1(C)NCCN1CCS(=O)(=O)CC1. The molecule has 4 N–H and O–H groups in total. The molecule has 8 heteroatoms. The quantitative estimate of drug-likeness (QED) is 0.265. The fraction of sp³-hybridized carbons (Fsp3) is 0.780. The molecule has 6 rings (SSSR count). The maximum atomic E-state index is 12.0. The number of nitrogens with two attached hydrogens (primary N) is 1. The zero-order valence-corrected chi connectivity index (χ0v) is 32.5. The van der Waals surface area contributed by atoms with Crippen molar-refractivity contribution < 1.29 is 18.3 Å². The van der Waals surface area contributed by atoms with Crippen LogP contribution < -0.4 is 11.1 Å². The first-order valence-corrected chi connectivity index (χ1v) is 21.1. The number of aromatic carboxylic acids is 1. The summed E-state index contributed by atoms with van der Waals surface area (Å²) < 4.78 is 24.0. The highest BCUT2D eigenvalue weighted by Gasteiger charge is 2.69. The van der Waals surface area contributed by atoms with Crippen LogP contribution in [0.4, 0.5) is 0 Å². The molecule has 5 aliphatic rings. The third-order valence-electron chi connectivity index (χ3n) is 16.1. The number of fused-ring (bicyclic) bond motifs is 5. The zero-order valence-electron chi connectivity index (χ0n) is 31.6. The summed E-state index contributed by atoms with van der Waals surface area (Å²) in [7, 11) is -2.87. The van der Waals surface area contributed by atoms with Crippen molar-refractivity contribution in [3.8, 4) is 0 Å². The molecular weight excluding hydrogens is 631 g/mol. The van der Waals surface area contributed by atoms with E-state index in [1.54, 1.807) is 12.1 Å². The van der Waals surface area contributed by atoms with Gasteiger partial charge in [-0.25, -0.2) is 13.2 Å². The lowest BCUT2D eigenvalue weighted by molar-refractivity contribution is -0.224. The largest absolute Gasteiger partial charge is 0.478 e. The Hall–Kier alpha value is -1.74. The van der Waals surface area contributed by atoms with E-state index in [-0.39, 0.29) is 44.7 Å². The van der Waals surface area contributed by atoms with E-state index in [2.05, 4.69) is 71.7 Å². The number of nitrogens with zero attached hydrogens (tertiary/aromatic N) is 1. The summed E-state index contributed by atoms with van der Waals surface area (Å²) in [6, 6.07) is 7.67. The first kappa shape index (κ1) is 37.0. The molecule has 1 aromatic rings. The Bertz CT molecular complexity index is 1540. The molecule has 0 bridgehead atoms. The Morgan fingerprint density at radius 1 is 0.939 bits per heavy atom. The van der Waals surface area contributed by atoms with Crippen LogP contribution in [-0.2, 0) is 9.84 Å². The highest BCUT2D eigenvalue weighted by Crippen LogP contribution is 2.75. The second-order valence-corrected chi connectivity index (χ2v) is 21.0. The van der Waals surface area contributed by atoms with Crippen molar-refractivity contribution in [3.63, 3.8) is 0 Å². The summed E-state index contributed by atoms with van der Waals surface area (Å²) in [4.78, 5) is 13.9. The van der Waals surface area contributed by atoms with E-state index in [1.807, 2.05) is 12.1 Å². The van der Waals surface area contributed by atoms with Crippen LogP contribution >= 0.6 is 0 Å². The molecule has 0 amide bonds. The Kier molecular flexibility index (Phi) is 9.62. The topological polar surface area (TPSA) is 113 Å². The van der Waals surface area contributed by atoms with Crippen molar-refractivity contribution in [3.05, 3.63) is 41.5 Å². The molecule has 0 radical (unpaired) electrons. The molecule has 10 unspecified atom stereocenters. The number of carbonyl (C=O) groups is 1. The number of rotatable bonds is 8. The molecule has 7 nitrogen and oxygen atoms in total. The second-order valence-electron chi connectivity index (χ2n) is 18.7. The van der Waals surface area contributed by atoms with Crippen molar-refractivity contribution in [2.24, 2.45) is 57.0 Å². The Morgan fingerprint density at radius 3 is 2.20 bits per heavy atom. The molecule has 4 fully saturated rings. The summed E-state index contributed by atoms with van der Waals surface area (Å²) in [5.74, 6) is 2.35. The number of hydrogen-bond donors (Lipinski definition) is 3. The minimum Gasteiger partial charge on any atom is -0.478 e. The van der Waals surface area contributed by atoms with Crippen molar-refractivity contribution in [2.45, 2.75) is 112 Å². The van der Waals surface area contributed by atoms with Gasteiger partial charge in [-0.2, -0.15) is 0 Å². The molecule has 0 aromatic heterocycles. The van der Waals surface area contributed by atoms with E-state index in [0.29, 0.717) is 48.2 Å². The van der Waals surface area contributed by atoms with Crippen LogP contribution in [-0.4, -0.2) is 73.7 Å². The lowest BCUT2D eigenvalue weighted by atomic mass is 9.32. The van der Waals surface area contributed by atoms with E-state index in [0.717, 1.165) is 31.5 Å². The highest BCUT2D eigenvalue weighted by molar-refractivity contribution is 7.91. The predicted octanol–water partition coefficient (Wildman–Crippen LogP) is 7.13. The van der Waals surface area contributed by atoms with Crippen LogP contribution in [0.15, 0.2) is 30.3 Å². The van der Waals surface area contributed by atoms with E-state index in [4.69, 9.17) is 5.73 Å². The fourth-order valence-electron chi connectivity index (χ4n) is 13.0. The molecule has 0 spiro atoms. The molecular formula is C41H65N3O4S. The molecule has 274 valence electrons. The van der Waals surface area contributed by atoms with Crippen molar-refractivity contribution in [2.75, 3.05) is 37.7 Å². The number of carboxylic acid groups (broad SMARTS) is 1. The number of hydrogen-bond acceptors (Lipinski definition) is 6. The highest BCUT2D eigenvalue weighted by atomic mass is 32.2. The van der Waals surface area contributed by atoms with Crippen LogP contribution in [0.2, 0.25) is 0 Å². The molecule has 4 aliphatic carbocycles. The Balaban J connectivity index is 1.26. The summed E-state index contributed by atoms with van der Waals surface area (Å²) >= 11 is 0. The lowest BCUT2D eigenvalue weighted by Gasteiger charge is -2.73. The second kappa shape index (κ2) is 12.7. The predicted molar refractivity (Wildman–Crippen MR) is 200 cm³/mol. The summed E-state index contributed by atoms with van der Waals surface area (Å²) in [5.41, 5.74) is 10.3. The molecule has 10 atom stereocenters. The van der Waals surface area contributed by atoms with Gasteiger partial charge in [0, 0.05) is 37.8 Å². The lowest BCUT2D eigenvalue weighted by Crippen LogP contribution is -2.69. The molecule has 1 heterocycles. The van der Waals surface area contributed by atoms with Crippen LogP contribution in [0, 0.1) is 51.2 Å². The molecule has 1 aliphatic heterocycles. The van der Waals surface area contributed by atoms with Gasteiger partial charge in [0.15, 0.2) is 9.84 Å². The smallest absolute Gasteiger partial charge is 0.335 e. The summed E-state index contributed by atoms with van der Waals surface area (Å²) in [5, 5.41) is 13.6. The third-order valence-corrected chi connectivity index (χ3v) is 17.7. The molecule has 49 heavy (non-hydrogen) atoms. The average Bonchev–Trinajstić information content (AvgIpc) is 3.02. The van der Waals surface area contributed by atoms with Gasteiger partial charge >= 0.3 is 5.97 Å². The number of benzene rings is 1. The van der Waals surface area contributed by atoms with Gasteiger partial charge in [-0.1, -0.05) is 59.8 Å². The van der Waals surface area contributed by atoms with Gasteiger partial charge in [-0.05, 0) is 133 Å². The van der Waals surface area contributed by atoms with Gasteiger partial charge in [0.2, 0.25) is 0 Å². The van der Waals surface area contributed by atoms with Crippen LogP contribution in [0.5, 0.6) is 0 Å². The Morgan fingerprint density at radius 2 is 1.59 bits per heavy atom. The van der Waals surface area contributed by atoms with Gasteiger partial charge in [-0.3, -0.25) is 0 Å². The van der Waals surface area contributed by atoms with Crippen molar-refractivity contribution in [1.29, 1.82) is 0 Å². The first-order valence-electron chi connectivity index (χ1n) is 19.3. The zero-order chi connectivity index (χ0) is 35.8. The first-order chi connectivity index (χ1) is 22.8. The van der Waals surface area contributed by atoms with Crippen molar-refractivity contribution >= 4 is 21.4 Å². The number of nitrogens with one attached hydrogen (secondary N) is 1. The minimum absolute atomic E-state index is 0.00352. The van der Waals surface area contributed by atoms with E-state index >= 15 is 0 Å². The summed E-state index contributed by atoms with van der Waals surface area (Å²) in [6.07, 6.45) is 10.9. The van der Waals surface area contributed by atoms with E-state index in [9.17, 15) is 18.3 Å². The van der Waals surface area contributed by atoms with Gasteiger partial charge in [0.05, 0.1) is 17.1 Å². The normalized spacial score (nSPS) is 41.4. The van der Waals surface area contributed by atoms with Gasteiger partial charge in [0.25, 0.3) is 0 Å². The molecule has 1 aromatic carbocycles. The Labute approximate surface area is 297 Å². The number of allylic oxidation sites excluding steroid dienone is 2. The molecule has 3 saturated carbocycles.